The quantitative estimate of drug-likeness (QED) is 0.568. The van der Waals surface area contributed by atoms with Crippen molar-refractivity contribution in [2.24, 2.45) is 0 Å². The Bertz CT molecular complexity index is 870. The Balaban J connectivity index is 1.91. The number of nitrogens with one attached hydrogen (secondary N) is 2. The SMILES string of the molecule is COC(=O)[C@H](Cc1c(Cl)cccc1Cl)NC(=O)CCC(=O)N[C@H](C)c1ccccc1. The molecule has 0 heterocycles. The summed E-state index contributed by atoms with van der Waals surface area (Å²) in [6.45, 7) is 1.87. The van der Waals surface area contributed by atoms with Gasteiger partial charge in [0.25, 0.3) is 0 Å². The van der Waals surface area contributed by atoms with Gasteiger partial charge in [0.05, 0.1) is 13.2 Å². The van der Waals surface area contributed by atoms with E-state index < -0.39 is 17.9 Å². The smallest absolute Gasteiger partial charge is 0.328 e. The lowest BCUT2D eigenvalue weighted by Gasteiger charge is -2.18. The lowest BCUT2D eigenvalue weighted by atomic mass is 10.1. The molecule has 0 aliphatic rings. The predicted molar refractivity (Wildman–Crippen MR) is 116 cm³/mol. The second-order valence-corrected chi connectivity index (χ2v) is 7.56. The average Bonchev–Trinajstić information content (AvgIpc) is 2.74. The molecular formula is C22H24Cl2N2O4. The molecule has 0 unspecified atom stereocenters. The molecule has 0 fully saturated rings. The molecule has 8 heteroatoms. The third-order valence-electron chi connectivity index (χ3n) is 4.55. The number of esters is 1. The van der Waals surface area contributed by atoms with Gasteiger partial charge in [0, 0.05) is 29.3 Å². The van der Waals surface area contributed by atoms with Crippen LogP contribution in [0.3, 0.4) is 0 Å². The van der Waals surface area contributed by atoms with E-state index in [1.807, 2.05) is 37.3 Å². The van der Waals surface area contributed by atoms with Gasteiger partial charge in [0.2, 0.25) is 11.8 Å². The molecule has 6 nitrogen and oxygen atoms in total. The largest absolute Gasteiger partial charge is 0.467 e. The molecule has 0 radical (unpaired) electrons. The maximum atomic E-state index is 12.3. The zero-order valence-electron chi connectivity index (χ0n) is 16.8. The summed E-state index contributed by atoms with van der Waals surface area (Å²) < 4.78 is 4.77. The molecule has 2 aromatic carbocycles. The first-order valence-electron chi connectivity index (χ1n) is 9.46. The van der Waals surface area contributed by atoms with E-state index in [4.69, 9.17) is 27.9 Å². The number of halogens is 2. The van der Waals surface area contributed by atoms with Crippen molar-refractivity contribution in [1.29, 1.82) is 0 Å². The fraction of sp³-hybridized carbons (Fsp3) is 0.318. The summed E-state index contributed by atoms with van der Waals surface area (Å²) in [5.41, 5.74) is 1.50. The maximum Gasteiger partial charge on any atom is 0.328 e. The summed E-state index contributed by atoms with van der Waals surface area (Å²) in [6, 6.07) is 13.4. The second-order valence-electron chi connectivity index (χ2n) is 6.75. The van der Waals surface area contributed by atoms with Gasteiger partial charge < -0.3 is 15.4 Å². The first-order chi connectivity index (χ1) is 14.3. The Kier molecular flexibility index (Phi) is 9.15. The van der Waals surface area contributed by atoms with Gasteiger partial charge in [0.1, 0.15) is 6.04 Å². The fourth-order valence-corrected chi connectivity index (χ4v) is 3.45. The van der Waals surface area contributed by atoms with Gasteiger partial charge in [-0.25, -0.2) is 4.79 Å². The topological polar surface area (TPSA) is 84.5 Å². The summed E-state index contributed by atoms with van der Waals surface area (Å²) in [4.78, 5) is 36.6. The zero-order chi connectivity index (χ0) is 22.1. The third kappa shape index (κ3) is 7.04. The number of hydrogen-bond acceptors (Lipinski definition) is 4. The number of hydrogen-bond donors (Lipinski definition) is 2. The van der Waals surface area contributed by atoms with E-state index >= 15 is 0 Å². The zero-order valence-corrected chi connectivity index (χ0v) is 18.3. The number of carbonyl (C=O) groups is 3. The monoisotopic (exact) mass is 450 g/mol. The highest BCUT2D eigenvalue weighted by atomic mass is 35.5. The number of rotatable bonds is 9. The lowest BCUT2D eigenvalue weighted by Crippen LogP contribution is -2.43. The molecule has 0 aliphatic carbocycles. The molecule has 0 bridgehead atoms. The van der Waals surface area contributed by atoms with Crippen LogP contribution in [-0.2, 0) is 25.5 Å². The van der Waals surface area contributed by atoms with Crippen LogP contribution in [0.1, 0.15) is 36.9 Å². The van der Waals surface area contributed by atoms with Crippen molar-refractivity contribution < 1.29 is 19.1 Å². The fourth-order valence-electron chi connectivity index (χ4n) is 2.90. The molecule has 2 amide bonds. The van der Waals surface area contributed by atoms with Crippen LogP contribution in [0.5, 0.6) is 0 Å². The normalized spacial score (nSPS) is 12.5. The van der Waals surface area contributed by atoms with Gasteiger partial charge in [-0.1, -0.05) is 59.6 Å². The van der Waals surface area contributed by atoms with E-state index in [9.17, 15) is 14.4 Å². The van der Waals surface area contributed by atoms with Crippen LogP contribution >= 0.6 is 23.2 Å². The minimum atomic E-state index is -0.966. The van der Waals surface area contributed by atoms with Crippen molar-refractivity contribution in [1.82, 2.24) is 10.6 Å². The molecule has 2 rings (SSSR count). The van der Waals surface area contributed by atoms with Crippen LogP contribution in [-0.4, -0.2) is 30.9 Å². The summed E-state index contributed by atoms with van der Waals surface area (Å²) >= 11 is 12.3. The van der Waals surface area contributed by atoms with Gasteiger partial charge >= 0.3 is 5.97 Å². The maximum absolute atomic E-state index is 12.3. The van der Waals surface area contributed by atoms with E-state index in [2.05, 4.69) is 10.6 Å². The predicted octanol–water partition coefficient (Wildman–Crippen LogP) is 3.85. The number of ether oxygens (including phenoxy) is 1. The summed E-state index contributed by atoms with van der Waals surface area (Å²) in [5.74, 6) is -1.33. The second kappa shape index (κ2) is 11.6. The molecule has 0 spiro atoms. The molecule has 2 aromatic rings. The molecule has 160 valence electrons. The van der Waals surface area contributed by atoms with Crippen LogP contribution in [0, 0.1) is 0 Å². The van der Waals surface area contributed by atoms with E-state index in [1.165, 1.54) is 7.11 Å². The first kappa shape index (κ1) is 23.7. The van der Waals surface area contributed by atoms with Crippen molar-refractivity contribution in [2.45, 2.75) is 38.3 Å². The Hall–Kier alpha value is -2.57. The molecule has 0 saturated carbocycles. The highest BCUT2D eigenvalue weighted by molar-refractivity contribution is 6.36. The Labute approximate surface area is 185 Å². The van der Waals surface area contributed by atoms with Crippen molar-refractivity contribution in [3.63, 3.8) is 0 Å². The van der Waals surface area contributed by atoms with Crippen LogP contribution in [0.15, 0.2) is 48.5 Å². The average molecular weight is 451 g/mol. The number of benzene rings is 2. The Morgan fingerprint density at radius 3 is 2.03 bits per heavy atom. The van der Waals surface area contributed by atoms with Crippen molar-refractivity contribution >= 4 is 41.0 Å². The molecule has 0 aliphatic heterocycles. The number of methoxy groups -OCH3 is 1. The van der Waals surface area contributed by atoms with E-state index in [-0.39, 0.29) is 31.2 Å². The van der Waals surface area contributed by atoms with Crippen molar-refractivity contribution in [3.05, 3.63) is 69.7 Å². The molecule has 2 N–H and O–H groups in total. The minimum Gasteiger partial charge on any atom is -0.467 e. The van der Waals surface area contributed by atoms with E-state index in [1.54, 1.807) is 18.2 Å². The van der Waals surface area contributed by atoms with E-state index in [0.717, 1.165) is 5.56 Å². The highest BCUT2D eigenvalue weighted by Gasteiger charge is 2.24. The third-order valence-corrected chi connectivity index (χ3v) is 5.26. The minimum absolute atomic E-state index is 0.0102. The Morgan fingerprint density at radius 1 is 0.900 bits per heavy atom. The van der Waals surface area contributed by atoms with Crippen LogP contribution < -0.4 is 10.6 Å². The number of carbonyl (C=O) groups excluding carboxylic acids is 3. The lowest BCUT2D eigenvalue weighted by molar-refractivity contribution is -0.145. The van der Waals surface area contributed by atoms with Gasteiger partial charge in [0.15, 0.2) is 0 Å². The summed E-state index contributed by atoms with van der Waals surface area (Å²) in [5, 5.41) is 6.23. The number of amides is 2. The Morgan fingerprint density at radius 2 is 1.47 bits per heavy atom. The van der Waals surface area contributed by atoms with Crippen LogP contribution in [0.25, 0.3) is 0 Å². The summed E-state index contributed by atoms with van der Waals surface area (Å²) in [7, 11) is 1.23. The van der Waals surface area contributed by atoms with Gasteiger partial charge in [-0.3, -0.25) is 9.59 Å². The highest BCUT2D eigenvalue weighted by Crippen LogP contribution is 2.25. The molecule has 2 atom stereocenters. The summed E-state index contributed by atoms with van der Waals surface area (Å²) in [6.07, 6.45) is -0.00496. The van der Waals surface area contributed by atoms with Gasteiger partial charge in [-0.15, -0.1) is 0 Å². The first-order valence-corrected chi connectivity index (χ1v) is 10.2. The molecule has 0 saturated heterocycles. The molecule has 30 heavy (non-hydrogen) atoms. The van der Waals surface area contributed by atoms with Gasteiger partial charge in [-0.05, 0) is 30.2 Å². The van der Waals surface area contributed by atoms with Crippen LogP contribution in [0.2, 0.25) is 10.0 Å². The van der Waals surface area contributed by atoms with Crippen LogP contribution in [0.4, 0.5) is 0 Å². The van der Waals surface area contributed by atoms with E-state index in [0.29, 0.717) is 15.6 Å². The molecular weight excluding hydrogens is 427 g/mol. The van der Waals surface area contributed by atoms with Crippen molar-refractivity contribution in [3.8, 4) is 0 Å². The van der Waals surface area contributed by atoms with Gasteiger partial charge in [-0.2, -0.15) is 0 Å². The van der Waals surface area contributed by atoms with Crippen molar-refractivity contribution in [2.75, 3.05) is 7.11 Å². The molecule has 0 aromatic heterocycles. The standard InChI is InChI=1S/C22H24Cl2N2O4/c1-14(15-7-4-3-5-8-15)25-20(27)11-12-21(28)26-19(22(29)30-2)13-16-17(23)9-6-10-18(16)24/h3-10,14,19H,11-13H2,1-2H3,(H,25,27)(H,26,28)/t14-,19+/m1/s1.